The van der Waals surface area contributed by atoms with Gasteiger partial charge in [0.1, 0.15) is 5.75 Å². The molecule has 0 aliphatic carbocycles. The molecule has 0 aliphatic heterocycles. The molecule has 1 aromatic carbocycles. The van der Waals surface area contributed by atoms with Crippen LogP contribution in [0.4, 0.5) is 0 Å². The van der Waals surface area contributed by atoms with Crippen molar-refractivity contribution in [3.63, 3.8) is 0 Å². The first-order valence-electron chi connectivity index (χ1n) is 6.06. The molecule has 0 amide bonds. The van der Waals surface area contributed by atoms with Gasteiger partial charge in [0.2, 0.25) is 0 Å². The normalized spacial score (nSPS) is 10.2. The van der Waals surface area contributed by atoms with Crippen LogP contribution in [-0.2, 0) is 6.42 Å². The molecule has 1 heterocycles. The summed E-state index contributed by atoms with van der Waals surface area (Å²) in [7, 11) is 0. The fourth-order valence-corrected chi connectivity index (χ4v) is 1.90. The molecule has 0 bridgehead atoms. The molecule has 1 aromatic heterocycles. The van der Waals surface area contributed by atoms with Crippen molar-refractivity contribution in [2.75, 3.05) is 6.61 Å². The van der Waals surface area contributed by atoms with Crippen LogP contribution in [0, 0.1) is 0 Å². The summed E-state index contributed by atoms with van der Waals surface area (Å²) < 4.78 is 5.60. The van der Waals surface area contributed by atoms with E-state index < -0.39 is 0 Å². The third kappa shape index (κ3) is 4.07. The molecule has 2 aromatic rings. The van der Waals surface area contributed by atoms with E-state index in [1.807, 2.05) is 12.1 Å². The van der Waals surface area contributed by atoms with E-state index >= 15 is 0 Å². The van der Waals surface area contributed by atoms with E-state index in [2.05, 4.69) is 4.98 Å². The van der Waals surface area contributed by atoms with Crippen LogP contribution in [-0.4, -0.2) is 17.9 Å². The summed E-state index contributed by atoms with van der Waals surface area (Å²) in [4.78, 5) is 14.8. The summed E-state index contributed by atoms with van der Waals surface area (Å²) in [5, 5.41) is 0.565. The van der Waals surface area contributed by atoms with E-state index in [1.54, 1.807) is 30.6 Å². The molecule has 0 unspecified atom stereocenters. The van der Waals surface area contributed by atoms with Crippen molar-refractivity contribution < 1.29 is 9.53 Å². The van der Waals surface area contributed by atoms with Crippen LogP contribution in [0.2, 0.25) is 5.02 Å². The molecule has 0 fully saturated rings. The molecule has 4 heteroatoms. The molecule has 0 aliphatic rings. The van der Waals surface area contributed by atoms with Crippen LogP contribution in [0.3, 0.4) is 0 Å². The highest BCUT2D eigenvalue weighted by Crippen LogP contribution is 2.22. The Morgan fingerprint density at radius 2 is 2.00 bits per heavy atom. The number of nitrogens with zero attached hydrogens (tertiary/aromatic N) is 1. The summed E-state index contributed by atoms with van der Waals surface area (Å²) in [6.45, 7) is 0.545. The van der Waals surface area contributed by atoms with Gasteiger partial charge in [-0.05, 0) is 48.7 Å². The first-order valence-corrected chi connectivity index (χ1v) is 6.44. The predicted octanol–water partition coefficient (Wildman–Crippen LogP) is 3.56. The highest BCUT2D eigenvalue weighted by atomic mass is 35.5. The van der Waals surface area contributed by atoms with Gasteiger partial charge in [-0.3, -0.25) is 9.78 Å². The summed E-state index contributed by atoms with van der Waals surface area (Å²) >= 11 is 5.88. The molecule has 0 saturated carbocycles. The molecular formula is C15H14ClNO2. The average molecular weight is 276 g/mol. The molecule has 2 rings (SSSR count). The monoisotopic (exact) mass is 275 g/mol. The lowest BCUT2D eigenvalue weighted by atomic mass is 10.1. The quantitative estimate of drug-likeness (QED) is 0.598. The zero-order valence-electron chi connectivity index (χ0n) is 10.4. The first kappa shape index (κ1) is 13.6. The molecule has 0 N–H and O–H groups in total. The van der Waals surface area contributed by atoms with Crippen molar-refractivity contribution >= 4 is 17.9 Å². The molecule has 3 nitrogen and oxygen atoms in total. The lowest BCUT2D eigenvalue weighted by Crippen LogP contribution is -2.01. The van der Waals surface area contributed by atoms with Crippen LogP contribution >= 0.6 is 11.6 Å². The van der Waals surface area contributed by atoms with Gasteiger partial charge in [-0.15, -0.1) is 0 Å². The fraction of sp³-hybridized carbons (Fsp3) is 0.200. The van der Waals surface area contributed by atoms with Gasteiger partial charge >= 0.3 is 0 Å². The summed E-state index contributed by atoms with van der Waals surface area (Å²) in [6.07, 6.45) is 6.11. The standard InChI is InChI=1S/C15H14ClNO2/c16-14-4-3-13(11-18)15(10-14)19-9-1-2-12-5-7-17-8-6-12/h3-8,10-11H,1-2,9H2. The third-order valence-electron chi connectivity index (χ3n) is 2.72. The van der Waals surface area contributed by atoms with Crippen LogP contribution in [0.1, 0.15) is 22.3 Å². The van der Waals surface area contributed by atoms with E-state index in [-0.39, 0.29) is 0 Å². The smallest absolute Gasteiger partial charge is 0.153 e. The van der Waals surface area contributed by atoms with E-state index in [4.69, 9.17) is 16.3 Å². The Morgan fingerprint density at radius 3 is 2.74 bits per heavy atom. The van der Waals surface area contributed by atoms with Gasteiger partial charge in [0.25, 0.3) is 0 Å². The number of benzene rings is 1. The van der Waals surface area contributed by atoms with Crippen LogP contribution in [0.25, 0.3) is 0 Å². The van der Waals surface area contributed by atoms with E-state index in [1.165, 1.54) is 5.56 Å². The number of pyridine rings is 1. The molecule has 0 atom stereocenters. The summed E-state index contributed by atoms with van der Waals surface area (Å²) in [6, 6.07) is 8.97. The molecule has 0 spiro atoms. The minimum Gasteiger partial charge on any atom is -0.493 e. The highest BCUT2D eigenvalue weighted by Gasteiger charge is 2.03. The van der Waals surface area contributed by atoms with Gasteiger partial charge in [-0.1, -0.05) is 11.6 Å². The number of rotatable bonds is 6. The van der Waals surface area contributed by atoms with Gasteiger partial charge < -0.3 is 4.74 Å². The Hall–Kier alpha value is -1.87. The van der Waals surface area contributed by atoms with E-state index in [0.29, 0.717) is 22.9 Å². The van der Waals surface area contributed by atoms with Crippen LogP contribution in [0.5, 0.6) is 5.75 Å². The molecule has 0 saturated heterocycles. The van der Waals surface area contributed by atoms with Crippen molar-refractivity contribution in [1.29, 1.82) is 0 Å². The lowest BCUT2D eigenvalue weighted by molar-refractivity contribution is 0.111. The number of carbonyl (C=O) groups excluding carboxylic acids is 1. The Morgan fingerprint density at radius 1 is 1.21 bits per heavy atom. The van der Waals surface area contributed by atoms with Crippen molar-refractivity contribution in [3.05, 3.63) is 58.9 Å². The van der Waals surface area contributed by atoms with E-state index in [0.717, 1.165) is 19.1 Å². The minimum atomic E-state index is 0.522. The molecular weight excluding hydrogens is 262 g/mol. The minimum absolute atomic E-state index is 0.522. The maximum atomic E-state index is 10.9. The Bertz CT molecular complexity index is 543. The van der Waals surface area contributed by atoms with Gasteiger partial charge in [0.15, 0.2) is 6.29 Å². The second kappa shape index (κ2) is 6.90. The number of aldehydes is 1. The second-order valence-corrected chi connectivity index (χ2v) is 4.54. The number of ether oxygens (including phenoxy) is 1. The zero-order valence-corrected chi connectivity index (χ0v) is 11.1. The predicted molar refractivity (Wildman–Crippen MR) is 74.9 cm³/mol. The van der Waals surface area contributed by atoms with Crippen molar-refractivity contribution in [2.45, 2.75) is 12.8 Å². The summed E-state index contributed by atoms with van der Waals surface area (Å²) in [5.41, 5.74) is 1.74. The molecule has 98 valence electrons. The maximum absolute atomic E-state index is 10.9. The zero-order chi connectivity index (χ0) is 13.5. The number of carbonyl (C=O) groups is 1. The largest absolute Gasteiger partial charge is 0.493 e. The van der Waals surface area contributed by atoms with Gasteiger partial charge in [-0.2, -0.15) is 0 Å². The number of hydrogen-bond acceptors (Lipinski definition) is 3. The topological polar surface area (TPSA) is 39.2 Å². The molecule has 0 radical (unpaired) electrons. The van der Waals surface area contributed by atoms with Crippen LogP contribution < -0.4 is 4.74 Å². The number of hydrogen-bond donors (Lipinski definition) is 0. The number of halogens is 1. The maximum Gasteiger partial charge on any atom is 0.153 e. The van der Waals surface area contributed by atoms with Crippen molar-refractivity contribution in [1.82, 2.24) is 4.98 Å². The third-order valence-corrected chi connectivity index (χ3v) is 2.95. The Labute approximate surface area is 117 Å². The van der Waals surface area contributed by atoms with Gasteiger partial charge in [0, 0.05) is 17.4 Å². The van der Waals surface area contributed by atoms with E-state index in [9.17, 15) is 4.79 Å². The van der Waals surface area contributed by atoms with Crippen LogP contribution in [0.15, 0.2) is 42.7 Å². The lowest BCUT2D eigenvalue weighted by Gasteiger charge is -2.08. The van der Waals surface area contributed by atoms with Crippen molar-refractivity contribution in [3.8, 4) is 5.75 Å². The summed E-state index contributed by atoms with van der Waals surface area (Å²) in [5.74, 6) is 0.539. The fourth-order valence-electron chi connectivity index (χ4n) is 1.74. The Kier molecular flexibility index (Phi) is 4.93. The van der Waals surface area contributed by atoms with Crippen molar-refractivity contribution in [2.24, 2.45) is 0 Å². The number of aromatic nitrogens is 1. The average Bonchev–Trinajstić information content (AvgIpc) is 2.45. The Balaban J connectivity index is 1.86. The second-order valence-electron chi connectivity index (χ2n) is 4.11. The van der Waals surface area contributed by atoms with Gasteiger partial charge in [-0.25, -0.2) is 0 Å². The highest BCUT2D eigenvalue weighted by molar-refractivity contribution is 6.30. The first-order chi connectivity index (χ1) is 9.29. The van der Waals surface area contributed by atoms with Gasteiger partial charge in [0.05, 0.1) is 12.2 Å². The number of aryl methyl sites for hydroxylation is 1. The SMILES string of the molecule is O=Cc1ccc(Cl)cc1OCCCc1ccncc1. The molecule has 19 heavy (non-hydrogen) atoms.